The van der Waals surface area contributed by atoms with Crippen molar-refractivity contribution in [2.75, 3.05) is 6.61 Å². The fourth-order valence-corrected chi connectivity index (χ4v) is 5.22. The maximum atomic E-state index is 11.9. The minimum atomic E-state index is -0.663. The first-order chi connectivity index (χ1) is 18.7. The van der Waals surface area contributed by atoms with Crippen LogP contribution < -0.4 is 0 Å². The van der Waals surface area contributed by atoms with E-state index in [9.17, 15) is 9.59 Å². The highest BCUT2D eigenvalue weighted by molar-refractivity contribution is 5.69. The molecule has 226 valence electrons. The van der Waals surface area contributed by atoms with Gasteiger partial charge in [-0.05, 0) is 19.3 Å². The van der Waals surface area contributed by atoms with Gasteiger partial charge in [0.1, 0.15) is 0 Å². The first-order valence-corrected chi connectivity index (χ1v) is 17.0. The average molecular weight is 539 g/mol. The van der Waals surface area contributed by atoms with E-state index in [2.05, 4.69) is 6.92 Å². The molecular weight excluding hydrogens is 472 g/mol. The van der Waals surface area contributed by atoms with Gasteiger partial charge in [-0.2, -0.15) is 0 Å². The molecule has 0 aromatic rings. The number of hydrogen-bond donors (Lipinski definition) is 1. The Morgan fingerprint density at radius 3 is 1.05 bits per heavy atom. The minimum Gasteiger partial charge on any atom is -0.481 e. The van der Waals surface area contributed by atoms with E-state index in [-0.39, 0.29) is 5.97 Å². The first kappa shape index (κ1) is 36.9. The van der Waals surface area contributed by atoms with Gasteiger partial charge in [-0.1, -0.05) is 167 Å². The van der Waals surface area contributed by atoms with E-state index in [0.29, 0.717) is 19.4 Å². The van der Waals surface area contributed by atoms with Gasteiger partial charge in [-0.15, -0.1) is 0 Å². The third-order valence-corrected chi connectivity index (χ3v) is 7.78. The maximum absolute atomic E-state index is 11.9. The Kier molecular flexibility index (Phi) is 31.3. The molecule has 0 aliphatic carbocycles. The third kappa shape index (κ3) is 33.0. The van der Waals surface area contributed by atoms with Gasteiger partial charge in [-0.3, -0.25) is 9.59 Å². The summed E-state index contributed by atoms with van der Waals surface area (Å²) in [5.41, 5.74) is 0. The van der Waals surface area contributed by atoms with Gasteiger partial charge in [0.25, 0.3) is 0 Å². The fourth-order valence-electron chi connectivity index (χ4n) is 5.22. The lowest BCUT2D eigenvalue weighted by Gasteiger charge is -2.06. The van der Waals surface area contributed by atoms with Crippen LogP contribution >= 0.6 is 0 Å². The molecule has 0 atom stereocenters. The lowest BCUT2D eigenvalue weighted by atomic mass is 10.0. The van der Waals surface area contributed by atoms with Crippen molar-refractivity contribution in [3.8, 4) is 0 Å². The van der Waals surface area contributed by atoms with E-state index in [0.717, 1.165) is 25.7 Å². The molecule has 38 heavy (non-hydrogen) atoms. The van der Waals surface area contributed by atoms with Crippen molar-refractivity contribution in [3.05, 3.63) is 0 Å². The van der Waals surface area contributed by atoms with Gasteiger partial charge < -0.3 is 9.84 Å². The van der Waals surface area contributed by atoms with Crippen LogP contribution in [0.25, 0.3) is 0 Å². The molecule has 0 rings (SSSR count). The zero-order valence-corrected chi connectivity index (χ0v) is 25.6. The van der Waals surface area contributed by atoms with Gasteiger partial charge in [-0.25, -0.2) is 0 Å². The molecule has 0 saturated carbocycles. The molecule has 0 amide bonds. The molecule has 0 aliphatic heterocycles. The van der Waals surface area contributed by atoms with E-state index >= 15 is 0 Å². The molecule has 0 bridgehead atoms. The van der Waals surface area contributed by atoms with Gasteiger partial charge in [0.05, 0.1) is 6.61 Å². The van der Waals surface area contributed by atoms with Gasteiger partial charge >= 0.3 is 11.9 Å². The first-order valence-electron chi connectivity index (χ1n) is 17.0. The second kappa shape index (κ2) is 32.2. The van der Waals surface area contributed by atoms with E-state index in [1.54, 1.807) is 0 Å². The van der Waals surface area contributed by atoms with Crippen LogP contribution in [0, 0.1) is 0 Å². The maximum Gasteiger partial charge on any atom is 0.305 e. The quantitative estimate of drug-likeness (QED) is 0.0683. The number of carboxylic acid groups (broad SMARTS) is 1. The second-order valence-electron chi connectivity index (χ2n) is 11.7. The Labute approximate surface area is 237 Å². The Morgan fingerprint density at radius 1 is 0.421 bits per heavy atom. The summed E-state index contributed by atoms with van der Waals surface area (Å²) in [5.74, 6) is -0.654. The van der Waals surface area contributed by atoms with Crippen LogP contribution in [0.5, 0.6) is 0 Å². The third-order valence-electron chi connectivity index (χ3n) is 7.78. The van der Waals surface area contributed by atoms with E-state index < -0.39 is 5.97 Å². The Balaban J connectivity index is 3.14. The molecule has 0 radical (unpaired) electrons. The van der Waals surface area contributed by atoms with Crippen molar-refractivity contribution in [2.24, 2.45) is 0 Å². The topological polar surface area (TPSA) is 63.6 Å². The van der Waals surface area contributed by atoms with Crippen molar-refractivity contribution in [1.29, 1.82) is 0 Å². The standard InChI is InChI=1S/C34H66O4/c1-2-3-4-5-6-7-15-19-22-25-28-31-34(37)38-32-29-26-23-20-17-14-12-10-8-9-11-13-16-18-21-24-27-30-33(35)36/h2-32H2,1H3,(H,35,36). The van der Waals surface area contributed by atoms with Crippen LogP contribution in [-0.4, -0.2) is 23.7 Å². The summed E-state index contributed by atoms with van der Waals surface area (Å²) < 4.78 is 5.41. The van der Waals surface area contributed by atoms with Crippen LogP contribution in [0.4, 0.5) is 0 Å². The molecule has 4 heteroatoms. The van der Waals surface area contributed by atoms with Crippen molar-refractivity contribution in [3.63, 3.8) is 0 Å². The highest BCUT2D eigenvalue weighted by atomic mass is 16.5. The van der Waals surface area contributed by atoms with Crippen LogP contribution in [0.3, 0.4) is 0 Å². The molecule has 0 saturated heterocycles. The monoisotopic (exact) mass is 538 g/mol. The van der Waals surface area contributed by atoms with Crippen LogP contribution in [0.15, 0.2) is 0 Å². The lowest BCUT2D eigenvalue weighted by Crippen LogP contribution is -2.05. The summed E-state index contributed by atoms with van der Waals surface area (Å²) in [6, 6.07) is 0. The zero-order chi connectivity index (χ0) is 27.8. The molecule has 1 N–H and O–H groups in total. The molecule has 4 nitrogen and oxygen atoms in total. The molecule has 0 heterocycles. The number of hydrogen-bond acceptors (Lipinski definition) is 3. The number of esters is 1. The molecule has 0 aromatic heterocycles. The molecule has 0 aliphatic rings. The summed E-state index contributed by atoms with van der Waals surface area (Å²) >= 11 is 0. The predicted molar refractivity (Wildman–Crippen MR) is 163 cm³/mol. The van der Waals surface area contributed by atoms with E-state index in [4.69, 9.17) is 9.84 Å². The van der Waals surface area contributed by atoms with E-state index in [1.165, 1.54) is 154 Å². The largest absolute Gasteiger partial charge is 0.481 e. The van der Waals surface area contributed by atoms with E-state index in [1.807, 2.05) is 0 Å². The van der Waals surface area contributed by atoms with Gasteiger partial charge in [0.2, 0.25) is 0 Å². The number of carboxylic acids is 1. The molecule has 0 unspecified atom stereocenters. The van der Waals surface area contributed by atoms with Gasteiger partial charge in [0, 0.05) is 12.8 Å². The Hall–Kier alpha value is -1.06. The Morgan fingerprint density at radius 2 is 0.711 bits per heavy atom. The molecule has 0 fully saturated rings. The number of carbonyl (C=O) groups is 2. The molecule has 0 spiro atoms. The van der Waals surface area contributed by atoms with Crippen LogP contribution in [0.1, 0.15) is 200 Å². The number of unbranched alkanes of at least 4 members (excludes halogenated alkanes) is 26. The second-order valence-corrected chi connectivity index (χ2v) is 11.7. The molecular formula is C34H66O4. The average Bonchev–Trinajstić information content (AvgIpc) is 2.90. The van der Waals surface area contributed by atoms with Crippen molar-refractivity contribution >= 4 is 11.9 Å². The highest BCUT2D eigenvalue weighted by Gasteiger charge is 2.03. The smallest absolute Gasteiger partial charge is 0.305 e. The number of carbonyl (C=O) groups excluding carboxylic acids is 1. The number of ether oxygens (including phenoxy) is 1. The molecule has 0 aromatic carbocycles. The minimum absolute atomic E-state index is 0.00825. The summed E-state index contributed by atoms with van der Waals surface area (Å²) in [6.45, 7) is 2.88. The fraction of sp³-hybridized carbons (Fsp3) is 0.941. The Bertz CT molecular complexity index is 491. The summed E-state index contributed by atoms with van der Waals surface area (Å²) in [7, 11) is 0. The summed E-state index contributed by atoms with van der Waals surface area (Å²) in [4.78, 5) is 22.3. The van der Waals surface area contributed by atoms with Crippen molar-refractivity contribution in [1.82, 2.24) is 0 Å². The predicted octanol–water partition coefficient (Wildman–Crippen LogP) is 11.3. The lowest BCUT2D eigenvalue weighted by molar-refractivity contribution is -0.144. The number of rotatable bonds is 32. The van der Waals surface area contributed by atoms with Crippen molar-refractivity contribution in [2.45, 2.75) is 200 Å². The normalized spacial score (nSPS) is 11.2. The zero-order valence-electron chi connectivity index (χ0n) is 25.6. The van der Waals surface area contributed by atoms with Crippen LogP contribution in [-0.2, 0) is 14.3 Å². The summed E-state index contributed by atoms with van der Waals surface area (Å²) in [5, 5.41) is 8.62. The number of aliphatic carboxylic acids is 1. The highest BCUT2D eigenvalue weighted by Crippen LogP contribution is 2.15. The van der Waals surface area contributed by atoms with Crippen LogP contribution in [0.2, 0.25) is 0 Å². The SMILES string of the molecule is CCCCCCCCCCCCCC(=O)OCCCCCCCCCCCCCCCCCCCC(=O)O. The van der Waals surface area contributed by atoms with Gasteiger partial charge in [0.15, 0.2) is 0 Å². The van der Waals surface area contributed by atoms with Crippen molar-refractivity contribution < 1.29 is 19.4 Å². The summed E-state index contributed by atoms with van der Waals surface area (Å²) in [6.07, 6.45) is 36.7.